The van der Waals surface area contributed by atoms with Crippen molar-refractivity contribution < 1.29 is 15.7 Å². The van der Waals surface area contributed by atoms with Crippen molar-refractivity contribution in [2.24, 2.45) is 0 Å². The van der Waals surface area contributed by atoms with Crippen molar-refractivity contribution >= 4 is 17.4 Å². The molecule has 1 aliphatic carbocycles. The minimum Gasteiger partial charge on any atom is -0.477 e. The molecule has 0 spiro atoms. The van der Waals surface area contributed by atoms with Crippen molar-refractivity contribution in [1.82, 2.24) is 19.4 Å². The van der Waals surface area contributed by atoms with Gasteiger partial charge < -0.3 is 19.8 Å². The van der Waals surface area contributed by atoms with Gasteiger partial charge in [-0.25, -0.2) is 4.98 Å². The number of aromatic amines is 1. The first-order valence-electron chi connectivity index (χ1n) is 11.6. The van der Waals surface area contributed by atoms with Crippen molar-refractivity contribution in [3.05, 3.63) is 52.3 Å². The molecule has 3 aromatic heterocycles. The molecule has 1 saturated carbocycles. The van der Waals surface area contributed by atoms with Gasteiger partial charge in [0.05, 0.1) is 24.5 Å². The van der Waals surface area contributed by atoms with Gasteiger partial charge >= 0.3 is 0 Å². The minimum atomic E-state index is -0.478. The average molecular weight is 458 g/mol. The van der Waals surface area contributed by atoms with E-state index in [9.17, 15) is 9.59 Å². The van der Waals surface area contributed by atoms with Crippen LogP contribution in [0.2, 0.25) is 0 Å². The predicted octanol–water partition coefficient (Wildman–Crippen LogP) is 4.19. The van der Waals surface area contributed by atoms with Crippen LogP contribution >= 0.6 is 0 Å². The molecule has 2 aliphatic heterocycles. The molecule has 0 radical (unpaired) electrons. The maximum atomic E-state index is 12.8. The normalized spacial score (nSPS) is 22.4. The Morgan fingerprint density at radius 3 is 2.61 bits per heavy atom. The zero-order valence-electron chi connectivity index (χ0n) is 20.2. The molecule has 1 amide bonds. The van der Waals surface area contributed by atoms with Gasteiger partial charge in [-0.3, -0.25) is 14.0 Å². The number of hydrogen-bond donors (Lipinski definition) is 2. The molecule has 3 aliphatic rings. The van der Waals surface area contributed by atoms with E-state index >= 15 is 0 Å². The van der Waals surface area contributed by atoms with E-state index in [0.717, 1.165) is 18.5 Å². The second-order valence-electron chi connectivity index (χ2n) is 7.97. The van der Waals surface area contributed by atoms with Crippen LogP contribution in [0.3, 0.4) is 0 Å². The summed E-state index contributed by atoms with van der Waals surface area (Å²) in [5.41, 5.74) is 0.791. The monoisotopic (exact) mass is 457 g/mol. The highest BCUT2D eigenvalue weighted by atomic mass is 16.5. The Bertz CT molecular complexity index is 1180. The second kappa shape index (κ2) is 9.74. The van der Waals surface area contributed by atoms with E-state index in [0.29, 0.717) is 19.0 Å². The first-order chi connectivity index (χ1) is 15.9. The first-order valence-corrected chi connectivity index (χ1v) is 11.6. The highest BCUT2D eigenvalue weighted by Crippen LogP contribution is 2.58. The largest absolute Gasteiger partial charge is 0.477 e. The van der Waals surface area contributed by atoms with Crippen LogP contribution in [0.1, 0.15) is 71.9 Å². The molecule has 0 unspecified atom stereocenters. The predicted molar refractivity (Wildman–Crippen MR) is 129 cm³/mol. The molecule has 0 atom stereocenters. The number of hydrogen-bond acceptors (Lipinski definition) is 6. The highest BCUT2D eigenvalue weighted by molar-refractivity contribution is 6.05. The smallest absolute Gasteiger partial charge is 0.271 e. The van der Waals surface area contributed by atoms with Crippen molar-refractivity contribution in [3.8, 4) is 5.88 Å². The molecule has 180 valence electrons. The van der Waals surface area contributed by atoms with Gasteiger partial charge in [-0.1, -0.05) is 27.7 Å². The molecule has 2 N–H and O–H groups in total. The lowest BCUT2D eigenvalue weighted by molar-refractivity contribution is 0.0154. The van der Waals surface area contributed by atoms with Gasteiger partial charge in [-0.15, -0.1) is 0 Å². The molecule has 0 aromatic carbocycles. The maximum absolute atomic E-state index is 12.8. The molecule has 9 nitrogen and oxygen atoms in total. The Morgan fingerprint density at radius 2 is 2.00 bits per heavy atom. The number of pyridine rings is 1. The Hall–Kier alpha value is -3.20. The summed E-state index contributed by atoms with van der Waals surface area (Å²) < 4.78 is 13.2. The zero-order chi connectivity index (χ0) is 24.2. The third-order valence-electron chi connectivity index (χ3n) is 5.67. The molecule has 2 saturated heterocycles. The van der Waals surface area contributed by atoms with E-state index in [1.54, 1.807) is 16.7 Å². The van der Waals surface area contributed by atoms with E-state index in [2.05, 4.69) is 27.2 Å². The van der Waals surface area contributed by atoms with E-state index in [-0.39, 0.29) is 35.1 Å². The number of ether oxygens (including phenoxy) is 2. The number of nitrogens with zero attached hydrogens (tertiary/aromatic N) is 3. The molecule has 3 aromatic rings. The van der Waals surface area contributed by atoms with Crippen LogP contribution in [0.25, 0.3) is 5.78 Å². The molecule has 6 rings (SSSR count). The highest BCUT2D eigenvalue weighted by Gasteiger charge is 2.61. The van der Waals surface area contributed by atoms with Crippen molar-refractivity contribution in [1.29, 1.82) is 0 Å². The fraction of sp³-hybridized carbons (Fsp3) is 0.500. The lowest BCUT2D eigenvalue weighted by Gasteiger charge is -2.41. The van der Waals surface area contributed by atoms with Gasteiger partial charge in [-0.05, 0) is 38.8 Å². The average Bonchev–Trinajstić information content (AvgIpc) is 3.48. The number of carbonyl (C=O) groups is 1. The van der Waals surface area contributed by atoms with E-state index in [1.807, 2.05) is 40.8 Å². The van der Waals surface area contributed by atoms with Crippen molar-refractivity contribution in [2.75, 3.05) is 18.5 Å². The number of anilines is 1. The van der Waals surface area contributed by atoms with E-state index in [4.69, 9.17) is 9.47 Å². The molecule has 33 heavy (non-hydrogen) atoms. The summed E-state index contributed by atoms with van der Waals surface area (Å²) in [6.07, 6.45) is 6.92. The number of imidazole rings is 1. The number of rotatable bonds is 5. The Balaban J connectivity index is 0.000000777. The van der Waals surface area contributed by atoms with Gasteiger partial charge in [-0.2, -0.15) is 4.98 Å². The summed E-state index contributed by atoms with van der Waals surface area (Å²) in [6, 6.07) is 3.17. The van der Waals surface area contributed by atoms with Crippen molar-refractivity contribution in [2.45, 2.75) is 65.4 Å². The number of nitrogens with one attached hydrogen (secondary N) is 2. The molecular weight excluding hydrogens is 422 g/mol. The summed E-state index contributed by atoms with van der Waals surface area (Å²) in [6.45, 7) is 12.9. The Labute approximate surface area is 195 Å². The second-order valence-corrected chi connectivity index (χ2v) is 7.97. The lowest BCUT2D eigenvalue weighted by Crippen LogP contribution is -2.45. The van der Waals surface area contributed by atoms with Crippen molar-refractivity contribution in [3.63, 3.8) is 0 Å². The Morgan fingerprint density at radius 1 is 1.27 bits per heavy atom. The minimum absolute atomic E-state index is 0. The van der Waals surface area contributed by atoms with Gasteiger partial charge in [0.15, 0.2) is 0 Å². The molecule has 9 heteroatoms. The number of carbonyl (C=O) groups excluding carboxylic acids is 1. The number of fused-ring (bicyclic) bond motifs is 2. The summed E-state index contributed by atoms with van der Waals surface area (Å²) in [5, 5.41) is 2.62. The third-order valence-corrected chi connectivity index (χ3v) is 5.67. The van der Waals surface area contributed by atoms with Gasteiger partial charge in [0.2, 0.25) is 11.7 Å². The van der Waals surface area contributed by atoms with Crippen LogP contribution in [-0.2, 0) is 10.2 Å². The van der Waals surface area contributed by atoms with Crippen LogP contribution in [-0.4, -0.2) is 44.1 Å². The summed E-state index contributed by atoms with van der Waals surface area (Å²) >= 11 is 0. The molecule has 3 fully saturated rings. The standard InChI is InChI=1S/C20H21N5O4.2C2H6.H2/c1-3-28-17-12(15(26)22-13-5-4-6-21-16(13)27)7-25-8-14(23-18(25)24-17)20-9-19(2,10-20)29-11-20;2*1-2;/h4-8H,3,9-11H2,1-2H3,(H,21,27)(H,22,26);2*1-2H3;1H. The SMILES string of the molecule is CC.CC.CCOc1nc2nc(C34COC(C)(C3)C4)cn2cc1C(=O)Nc1ccc[nH]c1=O.[HH]. The fourth-order valence-corrected chi connectivity index (χ4v) is 4.43. The quantitative estimate of drug-likeness (QED) is 0.594. The maximum Gasteiger partial charge on any atom is 0.271 e. The Kier molecular flexibility index (Phi) is 7.22. The number of amides is 1. The molecular formula is C24H35N5O4. The molecule has 5 heterocycles. The van der Waals surface area contributed by atoms with Gasteiger partial charge in [0.25, 0.3) is 11.5 Å². The number of aromatic nitrogens is 4. The summed E-state index contributed by atoms with van der Waals surface area (Å²) in [4.78, 5) is 36.4. The summed E-state index contributed by atoms with van der Waals surface area (Å²) in [5.74, 6) is 0.168. The first kappa shape index (κ1) is 24.4. The van der Waals surface area contributed by atoms with Gasteiger partial charge in [0, 0.05) is 25.4 Å². The van der Waals surface area contributed by atoms with Crippen LogP contribution in [0, 0.1) is 0 Å². The van der Waals surface area contributed by atoms with E-state index in [1.165, 1.54) is 12.3 Å². The third kappa shape index (κ3) is 4.50. The summed E-state index contributed by atoms with van der Waals surface area (Å²) in [7, 11) is 0. The number of H-pyrrole nitrogens is 1. The van der Waals surface area contributed by atoms with E-state index < -0.39 is 5.91 Å². The van der Waals surface area contributed by atoms with Crippen LogP contribution in [0.5, 0.6) is 5.88 Å². The van der Waals surface area contributed by atoms with Crippen LogP contribution < -0.4 is 15.6 Å². The molecule has 2 bridgehead atoms. The van der Waals surface area contributed by atoms with Crippen LogP contribution in [0.15, 0.2) is 35.5 Å². The van der Waals surface area contributed by atoms with Gasteiger partial charge in [0.1, 0.15) is 11.3 Å². The van der Waals surface area contributed by atoms with Crippen LogP contribution in [0.4, 0.5) is 5.69 Å². The fourth-order valence-electron chi connectivity index (χ4n) is 4.43. The lowest BCUT2D eigenvalue weighted by atomic mass is 9.62. The zero-order valence-corrected chi connectivity index (χ0v) is 20.2. The topological polar surface area (TPSA) is 111 Å².